The Hall–Kier alpha value is -2.82. The first-order chi connectivity index (χ1) is 19.5. The fourth-order valence-electron chi connectivity index (χ4n) is 3.39. The highest BCUT2D eigenvalue weighted by molar-refractivity contribution is 5.83. The Balaban J connectivity index is 0.000000762. The molecule has 0 bridgehead atoms. The van der Waals surface area contributed by atoms with Gasteiger partial charge in [-0.2, -0.15) is 0 Å². The molecule has 4 N–H and O–H groups in total. The quantitative estimate of drug-likeness (QED) is 0.210. The summed E-state index contributed by atoms with van der Waals surface area (Å²) in [6.45, 7) is 11.8. The van der Waals surface area contributed by atoms with Gasteiger partial charge in [-0.25, -0.2) is 0 Å². The Kier molecular flexibility index (Phi) is 21.1. The van der Waals surface area contributed by atoms with E-state index in [9.17, 15) is 9.59 Å². The summed E-state index contributed by atoms with van der Waals surface area (Å²) in [5.74, 6) is -0.298. The van der Waals surface area contributed by atoms with Crippen LogP contribution in [0.5, 0.6) is 0 Å². The Morgan fingerprint density at radius 1 is 0.650 bits per heavy atom. The van der Waals surface area contributed by atoms with Gasteiger partial charge >= 0.3 is 0 Å². The monoisotopic (exact) mass is 561 g/mol. The predicted molar refractivity (Wildman–Crippen MR) is 160 cm³/mol. The Morgan fingerprint density at radius 2 is 1.05 bits per heavy atom. The van der Waals surface area contributed by atoms with Crippen molar-refractivity contribution < 1.29 is 30.0 Å². The second-order valence-corrected chi connectivity index (χ2v) is 9.05. The Morgan fingerprint density at radius 3 is 1.50 bits per heavy atom. The molecule has 226 valence electrons. The minimum atomic E-state index is -0.635. The van der Waals surface area contributed by atoms with Gasteiger partial charge < -0.3 is 35.3 Å². The summed E-state index contributed by atoms with van der Waals surface area (Å²) in [6, 6.07) is 18.4. The molecule has 0 aliphatic heterocycles. The van der Waals surface area contributed by atoms with E-state index in [1.807, 2.05) is 67.6 Å². The summed E-state index contributed by atoms with van der Waals surface area (Å²) in [5, 5.41) is 5.63. The van der Waals surface area contributed by atoms with Crippen molar-refractivity contribution in [1.82, 2.24) is 10.6 Å². The second kappa shape index (κ2) is 24.0. The third kappa shape index (κ3) is 17.0. The van der Waals surface area contributed by atoms with Crippen molar-refractivity contribution in [3.8, 4) is 0 Å². The van der Waals surface area contributed by atoms with Gasteiger partial charge in [0.25, 0.3) is 0 Å². The van der Waals surface area contributed by atoms with Gasteiger partial charge in [-0.05, 0) is 30.9 Å². The van der Waals surface area contributed by atoms with E-state index < -0.39 is 6.04 Å². The fraction of sp³-hybridized carbons (Fsp3) is 0.548. The Bertz CT molecular complexity index is 818. The molecule has 2 amide bonds. The van der Waals surface area contributed by atoms with Crippen LogP contribution in [0.3, 0.4) is 0 Å². The van der Waals surface area contributed by atoms with Gasteiger partial charge in [-0.3, -0.25) is 9.59 Å². The van der Waals surface area contributed by atoms with Crippen LogP contribution in [0.1, 0.15) is 58.1 Å². The minimum Gasteiger partial charge on any atom is -0.379 e. The summed E-state index contributed by atoms with van der Waals surface area (Å²) >= 11 is 0. The van der Waals surface area contributed by atoms with Gasteiger partial charge in [-0.15, -0.1) is 0 Å². The average molecular weight is 562 g/mol. The van der Waals surface area contributed by atoms with Crippen molar-refractivity contribution in [2.75, 3.05) is 65.9 Å². The average Bonchev–Trinajstić information content (AvgIpc) is 3.00. The van der Waals surface area contributed by atoms with Gasteiger partial charge in [0.1, 0.15) is 6.04 Å². The third-order valence-electron chi connectivity index (χ3n) is 5.67. The van der Waals surface area contributed by atoms with Crippen LogP contribution in [-0.4, -0.2) is 77.8 Å². The number of hydrogen-bond donors (Lipinski definition) is 3. The van der Waals surface area contributed by atoms with Crippen LogP contribution in [0.4, 0.5) is 0 Å². The van der Waals surface area contributed by atoms with E-state index in [1.54, 1.807) is 0 Å². The van der Waals surface area contributed by atoms with Crippen LogP contribution < -0.4 is 16.4 Å². The molecule has 0 heterocycles. The van der Waals surface area contributed by atoms with Crippen LogP contribution >= 0.6 is 0 Å². The molecule has 2 aromatic rings. The van der Waals surface area contributed by atoms with E-state index in [0.717, 1.165) is 37.2 Å². The molecular weight excluding hydrogens is 510 g/mol. The number of amides is 2. The molecule has 0 radical (unpaired) electrons. The molecule has 9 heteroatoms. The number of benzene rings is 2. The lowest BCUT2D eigenvalue weighted by atomic mass is 10.0. The van der Waals surface area contributed by atoms with Crippen molar-refractivity contribution in [3.05, 3.63) is 71.8 Å². The van der Waals surface area contributed by atoms with Crippen molar-refractivity contribution in [3.63, 3.8) is 0 Å². The van der Waals surface area contributed by atoms with Gasteiger partial charge in [-0.1, -0.05) is 74.5 Å². The fourth-order valence-corrected chi connectivity index (χ4v) is 3.39. The summed E-state index contributed by atoms with van der Waals surface area (Å²) in [5.41, 5.74) is 7.69. The molecule has 0 spiro atoms. The zero-order valence-corrected chi connectivity index (χ0v) is 24.4. The van der Waals surface area contributed by atoms with E-state index in [0.29, 0.717) is 52.7 Å². The first-order valence-electron chi connectivity index (χ1n) is 14.2. The maximum absolute atomic E-state index is 11.9. The highest BCUT2D eigenvalue weighted by atomic mass is 16.5. The lowest BCUT2D eigenvalue weighted by Gasteiger charge is -2.12. The maximum atomic E-state index is 11.9. The lowest BCUT2D eigenvalue weighted by Crippen LogP contribution is -2.36. The Labute approximate surface area is 241 Å². The lowest BCUT2D eigenvalue weighted by molar-refractivity contribution is -0.123. The minimum absolute atomic E-state index is 0. The van der Waals surface area contributed by atoms with E-state index >= 15 is 0 Å². The zero-order chi connectivity index (χ0) is 29.3. The first kappa shape index (κ1) is 35.2. The summed E-state index contributed by atoms with van der Waals surface area (Å²) in [4.78, 5) is 23.7. The van der Waals surface area contributed by atoms with Gasteiger partial charge in [0.15, 0.2) is 0 Å². The van der Waals surface area contributed by atoms with Crippen LogP contribution in [0.15, 0.2) is 60.7 Å². The topological polar surface area (TPSA) is 121 Å². The van der Waals surface area contributed by atoms with E-state index in [2.05, 4.69) is 24.5 Å². The zero-order valence-electron chi connectivity index (χ0n) is 24.4. The van der Waals surface area contributed by atoms with Crippen LogP contribution in [0, 0.1) is 0 Å². The van der Waals surface area contributed by atoms with E-state index in [4.69, 9.17) is 24.7 Å². The molecule has 0 unspecified atom stereocenters. The third-order valence-corrected chi connectivity index (χ3v) is 5.67. The number of ether oxygens (including phenoxy) is 4. The first-order valence-corrected chi connectivity index (χ1v) is 14.2. The SMILES string of the molecule is CCCOCCOCCNC(=O)[C@@H](C)c1ccccc1.CCCOCCOCCNC(=O)[C@@H](N)c1ccccc1.[HH]. The number of carbonyl (C=O) groups excluding carboxylic acids is 2. The summed E-state index contributed by atoms with van der Waals surface area (Å²) in [7, 11) is 0. The number of nitrogens with one attached hydrogen (secondary N) is 2. The maximum Gasteiger partial charge on any atom is 0.241 e. The van der Waals surface area contributed by atoms with Crippen LogP contribution in [-0.2, 0) is 28.5 Å². The van der Waals surface area contributed by atoms with Crippen LogP contribution in [0.2, 0.25) is 0 Å². The van der Waals surface area contributed by atoms with Gasteiger partial charge in [0, 0.05) is 27.7 Å². The van der Waals surface area contributed by atoms with Crippen molar-refractivity contribution >= 4 is 11.8 Å². The van der Waals surface area contributed by atoms with Crippen molar-refractivity contribution in [2.24, 2.45) is 5.73 Å². The highest BCUT2D eigenvalue weighted by Crippen LogP contribution is 2.14. The smallest absolute Gasteiger partial charge is 0.241 e. The van der Waals surface area contributed by atoms with Crippen molar-refractivity contribution in [2.45, 2.75) is 45.6 Å². The van der Waals surface area contributed by atoms with Crippen molar-refractivity contribution in [1.29, 1.82) is 0 Å². The predicted octanol–water partition coefficient (Wildman–Crippen LogP) is 3.84. The molecule has 0 fully saturated rings. The number of rotatable bonds is 20. The van der Waals surface area contributed by atoms with E-state index in [1.165, 1.54) is 0 Å². The number of nitrogens with two attached hydrogens (primary N) is 1. The number of carbonyl (C=O) groups is 2. The molecule has 40 heavy (non-hydrogen) atoms. The molecule has 0 saturated heterocycles. The largest absolute Gasteiger partial charge is 0.379 e. The molecule has 0 saturated carbocycles. The number of hydrogen-bond acceptors (Lipinski definition) is 7. The molecule has 0 aliphatic carbocycles. The summed E-state index contributed by atoms with van der Waals surface area (Å²) in [6.07, 6.45) is 2.03. The normalized spacial score (nSPS) is 12.1. The molecule has 2 atom stereocenters. The standard InChI is InChI=1S/C16H25NO3.C15H24N2O3.H2/c1-3-10-19-12-13-20-11-9-17-16(18)14(2)15-7-5-4-6-8-15;1-2-9-19-11-12-20-10-8-17-15(18)14(16)13-6-4-3-5-7-13;/h4-8,14H,3,9-13H2,1-2H3,(H,17,18);3-7,14H,2,8-12,16H2,1H3,(H,17,18);1H/t2*14-;/m00./s1. The molecule has 2 aromatic carbocycles. The highest BCUT2D eigenvalue weighted by Gasteiger charge is 2.15. The molecule has 2 rings (SSSR count). The second-order valence-electron chi connectivity index (χ2n) is 9.05. The molecule has 9 nitrogen and oxygen atoms in total. The molecular formula is C31H51N3O6. The van der Waals surface area contributed by atoms with Gasteiger partial charge in [0.05, 0.1) is 45.6 Å². The molecule has 0 aliphatic rings. The molecule has 0 aromatic heterocycles. The summed E-state index contributed by atoms with van der Waals surface area (Å²) < 4.78 is 21.3. The van der Waals surface area contributed by atoms with Crippen LogP contribution in [0.25, 0.3) is 0 Å². The van der Waals surface area contributed by atoms with Gasteiger partial charge in [0.2, 0.25) is 11.8 Å². The van der Waals surface area contributed by atoms with E-state index in [-0.39, 0.29) is 19.2 Å².